The molecule has 2 fully saturated rings. The van der Waals surface area contributed by atoms with E-state index in [0.717, 1.165) is 29.1 Å². The Morgan fingerprint density at radius 2 is 2.00 bits per heavy atom. The third-order valence-electron chi connectivity index (χ3n) is 6.66. The number of aliphatic hydroxyl groups is 1. The Morgan fingerprint density at radius 3 is 2.65 bits per heavy atom. The number of esters is 1. The maximum absolute atomic E-state index is 13.0. The van der Waals surface area contributed by atoms with Crippen LogP contribution in [-0.2, 0) is 19.1 Å². The van der Waals surface area contributed by atoms with Crippen LogP contribution in [0.5, 0.6) is 0 Å². The van der Waals surface area contributed by atoms with Crippen LogP contribution in [0.25, 0.3) is 6.08 Å². The second-order valence-corrected chi connectivity index (χ2v) is 10.9. The zero-order chi connectivity index (χ0) is 25.2. The minimum Gasteiger partial charge on any atom is -0.457 e. The van der Waals surface area contributed by atoms with Gasteiger partial charge in [0.1, 0.15) is 18.6 Å². The summed E-state index contributed by atoms with van der Waals surface area (Å²) in [5, 5.41) is 16.9. The second-order valence-electron chi connectivity index (χ2n) is 9.81. The van der Waals surface area contributed by atoms with Crippen molar-refractivity contribution < 1.29 is 24.2 Å². The number of thiazole rings is 1. The Balaban J connectivity index is 1.84. The van der Waals surface area contributed by atoms with E-state index in [2.05, 4.69) is 23.5 Å². The summed E-state index contributed by atoms with van der Waals surface area (Å²) in [5.41, 5.74) is 0.555. The average Bonchev–Trinajstić information content (AvgIpc) is 3.38. The third kappa shape index (κ3) is 6.17. The van der Waals surface area contributed by atoms with Gasteiger partial charge in [0, 0.05) is 29.5 Å². The molecule has 2 aliphatic rings. The van der Waals surface area contributed by atoms with Gasteiger partial charge in [-0.05, 0) is 64.2 Å². The van der Waals surface area contributed by atoms with Crippen LogP contribution in [0.15, 0.2) is 35.3 Å². The molecule has 3 rings (SSSR count). The van der Waals surface area contributed by atoms with Gasteiger partial charge in [-0.1, -0.05) is 13.2 Å². The van der Waals surface area contributed by atoms with Gasteiger partial charge in [-0.15, -0.1) is 11.3 Å². The maximum Gasteiger partial charge on any atom is 0.313 e. The van der Waals surface area contributed by atoms with Gasteiger partial charge in [-0.3, -0.25) is 14.4 Å². The lowest BCUT2D eigenvalue weighted by Gasteiger charge is -2.26. The number of Topliss-reactive ketones (excluding diaryl/α,β-unsaturated/α-hetero) is 2. The summed E-state index contributed by atoms with van der Waals surface area (Å²) in [7, 11) is 0. The minimum absolute atomic E-state index is 0.0820. The highest BCUT2D eigenvalue weighted by Crippen LogP contribution is 2.31. The number of ether oxygens (including phenoxy) is 1. The monoisotopic (exact) mass is 486 g/mol. The number of hydrogen-bond acceptors (Lipinski definition) is 8. The number of carbonyl (C=O) groups is 3. The average molecular weight is 487 g/mol. The zero-order valence-electron chi connectivity index (χ0n) is 20.3. The van der Waals surface area contributed by atoms with Crippen LogP contribution < -0.4 is 5.32 Å². The van der Waals surface area contributed by atoms with Crippen molar-refractivity contribution in [1.82, 2.24) is 10.3 Å². The van der Waals surface area contributed by atoms with Crippen molar-refractivity contribution in [3.05, 3.63) is 46.0 Å². The number of rotatable bonds is 2. The van der Waals surface area contributed by atoms with E-state index < -0.39 is 41.6 Å². The molecule has 0 radical (unpaired) electrons. The number of aromatic nitrogens is 1. The third-order valence-corrected chi connectivity index (χ3v) is 7.45. The number of hydrogen-bond donors (Lipinski definition) is 2. The van der Waals surface area contributed by atoms with E-state index in [9.17, 15) is 19.5 Å². The van der Waals surface area contributed by atoms with Gasteiger partial charge in [-0.25, -0.2) is 4.98 Å². The van der Waals surface area contributed by atoms with E-state index in [-0.39, 0.29) is 17.7 Å². The first-order valence-electron chi connectivity index (χ1n) is 11.6. The fourth-order valence-corrected chi connectivity index (χ4v) is 4.77. The molecule has 0 bridgehead atoms. The van der Waals surface area contributed by atoms with E-state index in [1.165, 1.54) is 13.8 Å². The van der Waals surface area contributed by atoms with Gasteiger partial charge >= 0.3 is 5.97 Å². The highest BCUT2D eigenvalue weighted by atomic mass is 32.1. The van der Waals surface area contributed by atoms with Crippen LogP contribution >= 0.6 is 11.3 Å². The molecule has 7 nitrogen and oxygen atoms in total. The molecule has 0 spiro atoms. The van der Waals surface area contributed by atoms with E-state index in [0.29, 0.717) is 18.4 Å². The smallest absolute Gasteiger partial charge is 0.313 e. The van der Waals surface area contributed by atoms with E-state index in [1.54, 1.807) is 11.3 Å². The molecule has 184 valence electrons. The molecule has 34 heavy (non-hydrogen) atoms. The number of carbonyl (C=O) groups excluding carboxylic acids is 3. The number of nitrogens with zero attached hydrogens (tertiary/aromatic N) is 1. The molecule has 2 N–H and O–H groups in total. The maximum atomic E-state index is 13.0. The Labute approximate surface area is 205 Å². The highest BCUT2D eigenvalue weighted by molar-refractivity contribution is 7.09. The van der Waals surface area contributed by atoms with E-state index in [4.69, 9.17) is 4.74 Å². The Bertz CT molecular complexity index is 1040. The first kappa shape index (κ1) is 26.2. The molecule has 0 aliphatic carbocycles. The van der Waals surface area contributed by atoms with Crippen LogP contribution in [0.3, 0.4) is 0 Å². The van der Waals surface area contributed by atoms with Crippen molar-refractivity contribution in [3.63, 3.8) is 0 Å². The van der Waals surface area contributed by atoms with E-state index in [1.807, 2.05) is 25.3 Å². The van der Waals surface area contributed by atoms with Crippen LogP contribution in [0.1, 0.15) is 63.6 Å². The van der Waals surface area contributed by atoms with Crippen molar-refractivity contribution >= 4 is 34.9 Å². The topological polar surface area (TPSA) is 116 Å². The van der Waals surface area contributed by atoms with Gasteiger partial charge in [0.05, 0.1) is 16.1 Å². The predicted octanol–water partition coefficient (Wildman–Crippen LogP) is 3.71. The number of aliphatic hydroxyl groups excluding tert-OH is 1. The number of ketones is 2. The molecule has 8 heteroatoms. The molecule has 1 aromatic rings. The first-order valence-corrected chi connectivity index (χ1v) is 12.5. The Hall–Kier alpha value is -2.42. The number of nitrogens with one attached hydrogen (secondary N) is 1. The molecule has 0 aromatic carbocycles. The number of cyclic esters (lactones) is 1. The summed E-state index contributed by atoms with van der Waals surface area (Å²) in [6.07, 6.45) is 2.43. The summed E-state index contributed by atoms with van der Waals surface area (Å²) in [6.45, 7) is 14.4. The zero-order valence-corrected chi connectivity index (χ0v) is 21.2. The number of aryl methyl sites for hydroxylation is 1. The largest absolute Gasteiger partial charge is 0.457 e. The highest BCUT2D eigenvalue weighted by Gasteiger charge is 2.42. The molecular weight excluding hydrogens is 452 g/mol. The van der Waals surface area contributed by atoms with Crippen LogP contribution in [0.2, 0.25) is 0 Å². The molecule has 4 atom stereocenters. The van der Waals surface area contributed by atoms with Gasteiger partial charge in [0.25, 0.3) is 0 Å². The normalized spacial score (nSPS) is 29.6. The van der Waals surface area contributed by atoms with Gasteiger partial charge < -0.3 is 15.2 Å². The standard InChI is InChI=1S/C26H34N2O5S/c1-14-8-7-9-19-20(28-19)11-21(15(2)10-18-13-34-17(4)27-18)33-23(30)12-22(29)26(5,6)25(32)16(3)24(14)31/h10,13,19-21,24,28,31H,1,3,7-9,11-12H2,2,4-6H3/b15-10+/t19?,20?,21?,24-/m0/s1. The van der Waals surface area contributed by atoms with Crippen molar-refractivity contribution in [2.24, 2.45) is 5.41 Å². The summed E-state index contributed by atoms with van der Waals surface area (Å²) < 4.78 is 5.76. The van der Waals surface area contributed by atoms with Crippen LogP contribution in [0, 0.1) is 12.3 Å². The predicted molar refractivity (Wildman–Crippen MR) is 132 cm³/mol. The van der Waals surface area contributed by atoms with Crippen LogP contribution in [-0.4, -0.2) is 51.9 Å². The molecule has 0 amide bonds. The molecule has 3 unspecified atom stereocenters. The molecule has 2 aliphatic heterocycles. The SMILES string of the molecule is C=C1CCCC2NC2CC(/C(C)=C/c2csc(C)n2)OC(=O)CC(=O)C(C)(C)C(=O)C(=C)[C@H]1O. The lowest BCUT2D eigenvalue weighted by molar-refractivity contribution is -0.151. The van der Waals surface area contributed by atoms with Gasteiger partial charge in [-0.2, -0.15) is 0 Å². The lowest BCUT2D eigenvalue weighted by atomic mass is 9.77. The summed E-state index contributed by atoms with van der Waals surface area (Å²) in [6, 6.07) is 0.465. The lowest BCUT2D eigenvalue weighted by Crippen LogP contribution is -2.39. The van der Waals surface area contributed by atoms with Gasteiger partial charge in [0.15, 0.2) is 11.6 Å². The number of fused-ring (bicyclic) bond motifs is 1. The molecule has 3 heterocycles. The molecule has 0 saturated carbocycles. The van der Waals surface area contributed by atoms with Crippen LogP contribution in [0.4, 0.5) is 0 Å². The second kappa shape index (κ2) is 10.5. The summed E-state index contributed by atoms with van der Waals surface area (Å²) >= 11 is 1.55. The molecular formula is C26H34N2O5S. The Kier molecular flexibility index (Phi) is 8.06. The fraction of sp³-hybridized carbons (Fsp3) is 0.538. The van der Waals surface area contributed by atoms with Crippen molar-refractivity contribution in [1.29, 1.82) is 0 Å². The first-order chi connectivity index (χ1) is 15.9. The summed E-state index contributed by atoms with van der Waals surface area (Å²) in [4.78, 5) is 43.1. The fourth-order valence-electron chi connectivity index (χ4n) is 4.20. The molecule has 1 aromatic heterocycles. The van der Waals surface area contributed by atoms with Crippen molar-refractivity contribution in [2.45, 2.75) is 84.1 Å². The van der Waals surface area contributed by atoms with Crippen molar-refractivity contribution in [2.75, 3.05) is 0 Å². The minimum atomic E-state index is -1.52. The quantitative estimate of drug-likeness (QED) is 0.215. The van der Waals surface area contributed by atoms with E-state index >= 15 is 0 Å². The van der Waals surface area contributed by atoms with Crippen molar-refractivity contribution in [3.8, 4) is 0 Å². The Morgan fingerprint density at radius 1 is 1.29 bits per heavy atom. The summed E-state index contributed by atoms with van der Waals surface area (Å²) in [5.74, 6) is -1.86. The molecule has 2 saturated heterocycles. The van der Waals surface area contributed by atoms with Gasteiger partial charge in [0.2, 0.25) is 0 Å².